The van der Waals surface area contributed by atoms with Gasteiger partial charge in [0.1, 0.15) is 10.0 Å². The summed E-state index contributed by atoms with van der Waals surface area (Å²) in [6.07, 6.45) is 3.00. The van der Waals surface area contributed by atoms with E-state index in [9.17, 15) is 8.42 Å². The third-order valence-corrected chi connectivity index (χ3v) is 4.71. The summed E-state index contributed by atoms with van der Waals surface area (Å²) in [4.78, 5) is 3.72. The molecular weight excluding hydrogens is 356 g/mol. The maximum absolute atomic E-state index is 12.1. The molecule has 0 bridgehead atoms. The molecule has 0 aliphatic heterocycles. The van der Waals surface area contributed by atoms with Gasteiger partial charge in [-0.1, -0.05) is 11.6 Å². The van der Waals surface area contributed by atoms with Crippen LogP contribution in [-0.2, 0) is 16.6 Å². The van der Waals surface area contributed by atoms with Crippen LogP contribution >= 0.6 is 27.5 Å². The van der Waals surface area contributed by atoms with Gasteiger partial charge in [0, 0.05) is 28.5 Å². The van der Waals surface area contributed by atoms with E-state index in [1.165, 1.54) is 12.3 Å². The average molecular weight is 366 g/mol. The molecule has 2 aromatic heterocycles. The molecule has 0 spiro atoms. The number of aromatic nitrogens is 3. The molecule has 0 saturated carbocycles. The lowest BCUT2D eigenvalue weighted by Gasteiger charge is -2.07. The van der Waals surface area contributed by atoms with Crippen molar-refractivity contribution in [1.29, 1.82) is 0 Å². The first-order valence-electron chi connectivity index (χ1n) is 5.19. The fourth-order valence-corrected chi connectivity index (χ4v) is 3.35. The second kappa shape index (κ2) is 5.58. The van der Waals surface area contributed by atoms with E-state index in [0.717, 1.165) is 11.3 Å². The Labute approximate surface area is 123 Å². The molecule has 2 aromatic rings. The normalized spacial score (nSPS) is 11.7. The fraction of sp³-hybridized carbons (Fsp3) is 0.200. The molecular formula is C10H10BrClN4O2S. The molecule has 0 amide bonds. The summed E-state index contributed by atoms with van der Waals surface area (Å²) in [5.74, 6) is 0. The second-order valence-electron chi connectivity index (χ2n) is 3.79. The topological polar surface area (TPSA) is 87.7 Å². The molecule has 2 N–H and O–H groups in total. The largest absolute Gasteiger partial charge is 0.283 e. The number of rotatable bonds is 4. The monoisotopic (exact) mass is 364 g/mol. The van der Waals surface area contributed by atoms with E-state index in [-0.39, 0.29) is 16.6 Å². The van der Waals surface area contributed by atoms with Crippen molar-refractivity contribution in [2.75, 3.05) is 0 Å². The van der Waals surface area contributed by atoms with Crippen molar-refractivity contribution in [3.05, 3.63) is 39.3 Å². The van der Waals surface area contributed by atoms with Gasteiger partial charge in [0.2, 0.25) is 10.0 Å². The molecule has 2 heterocycles. The highest BCUT2D eigenvalue weighted by Gasteiger charge is 2.19. The quantitative estimate of drug-likeness (QED) is 0.811. The smallest absolute Gasteiger partial charge is 0.243 e. The van der Waals surface area contributed by atoms with Crippen molar-refractivity contribution < 1.29 is 8.42 Å². The summed E-state index contributed by atoms with van der Waals surface area (Å²) < 4.78 is 27.2. The van der Waals surface area contributed by atoms with Crippen LogP contribution in [0.1, 0.15) is 11.3 Å². The SMILES string of the molecule is Cc1[nH]ncc1CNS(=O)(=O)c1cc(Br)cnc1Cl. The Bertz CT molecular complexity index is 701. The minimum absolute atomic E-state index is 0.0651. The number of pyridine rings is 1. The number of sulfonamides is 1. The maximum atomic E-state index is 12.1. The van der Waals surface area contributed by atoms with Crippen LogP contribution in [0.25, 0.3) is 0 Å². The minimum Gasteiger partial charge on any atom is -0.283 e. The Morgan fingerprint density at radius 2 is 2.21 bits per heavy atom. The highest BCUT2D eigenvalue weighted by atomic mass is 79.9. The number of halogens is 2. The third kappa shape index (κ3) is 3.33. The standard InChI is InChI=1S/C10H10BrClN4O2S/c1-6-7(3-14-16-6)4-15-19(17,18)9-2-8(11)5-13-10(9)12/h2-3,5,15H,4H2,1H3,(H,14,16). The van der Waals surface area contributed by atoms with Crippen LogP contribution in [-0.4, -0.2) is 23.6 Å². The van der Waals surface area contributed by atoms with Crippen molar-refractivity contribution >= 4 is 37.6 Å². The van der Waals surface area contributed by atoms with E-state index in [1.807, 2.05) is 6.92 Å². The van der Waals surface area contributed by atoms with Gasteiger partial charge < -0.3 is 0 Å². The molecule has 9 heteroatoms. The van der Waals surface area contributed by atoms with Crippen LogP contribution in [0.15, 0.2) is 27.8 Å². The Balaban J connectivity index is 2.23. The predicted octanol–water partition coefficient (Wildman–Crippen LogP) is 2.01. The van der Waals surface area contributed by atoms with Crippen molar-refractivity contribution in [3.63, 3.8) is 0 Å². The molecule has 19 heavy (non-hydrogen) atoms. The average Bonchev–Trinajstić information content (AvgIpc) is 2.75. The van der Waals surface area contributed by atoms with Crippen molar-refractivity contribution in [3.8, 4) is 0 Å². The van der Waals surface area contributed by atoms with Crippen LogP contribution < -0.4 is 4.72 Å². The summed E-state index contributed by atoms with van der Waals surface area (Å²) in [6, 6.07) is 1.40. The number of H-pyrrole nitrogens is 1. The molecule has 102 valence electrons. The molecule has 0 aromatic carbocycles. The van der Waals surface area contributed by atoms with Crippen molar-refractivity contribution in [2.24, 2.45) is 0 Å². The van der Waals surface area contributed by atoms with Gasteiger partial charge in [-0.25, -0.2) is 18.1 Å². The van der Waals surface area contributed by atoms with Gasteiger partial charge in [-0.3, -0.25) is 5.10 Å². The lowest BCUT2D eigenvalue weighted by atomic mass is 10.3. The van der Waals surface area contributed by atoms with Gasteiger partial charge in [0.05, 0.1) is 6.20 Å². The Hall–Kier alpha value is -0.960. The first kappa shape index (κ1) is 14.4. The van der Waals surface area contributed by atoms with Gasteiger partial charge in [0.15, 0.2) is 0 Å². The Morgan fingerprint density at radius 1 is 1.47 bits per heavy atom. The van der Waals surface area contributed by atoms with E-state index >= 15 is 0 Å². The number of aryl methyl sites for hydroxylation is 1. The van der Waals surface area contributed by atoms with E-state index in [4.69, 9.17) is 11.6 Å². The van der Waals surface area contributed by atoms with Crippen molar-refractivity contribution in [2.45, 2.75) is 18.4 Å². The van der Waals surface area contributed by atoms with E-state index in [2.05, 4.69) is 35.8 Å². The first-order chi connectivity index (χ1) is 8.90. The van der Waals surface area contributed by atoms with Crippen LogP contribution in [0.5, 0.6) is 0 Å². The minimum atomic E-state index is -3.72. The molecule has 2 rings (SSSR count). The zero-order chi connectivity index (χ0) is 14.0. The lowest BCUT2D eigenvalue weighted by Crippen LogP contribution is -2.24. The van der Waals surface area contributed by atoms with Crippen LogP contribution in [0, 0.1) is 6.92 Å². The summed E-state index contributed by atoms with van der Waals surface area (Å²) in [6.45, 7) is 1.94. The highest BCUT2D eigenvalue weighted by molar-refractivity contribution is 9.10. The van der Waals surface area contributed by atoms with Crippen molar-refractivity contribution in [1.82, 2.24) is 19.9 Å². The molecule has 0 radical (unpaired) electrons. The second-order valence-corrected chi connectivity index (χ2v) is 6.80. The number of hydrogen-bond donors (Lipinski definition) is 2. The molecule has 0 aliphatic rings. The number of aromatic amines is 1. The zero-order valence-electron chi connectivity index (χ0n) is 9.81. The van der Waals surface area contributed by atoms with E-state index < -0.39 is 10.0 Å². The summed E-state index contributed by atoms with van der Waals surface area (Å²) >= 11 is 8.96. The van der Waals surface area contributed by atoms with Gasteiger partial charge in [-0.05, 0) is 28.9 Å². The predicted molar refractivity (Wildman–Crippen MR) is 74.3 cm³/mol. The molecule has 0 atom stereocenters. The highest BCUT2D eigenvalue weighted by Crippen LogP contribution is 2.22. The van der Waals surface area contributed by atoms with Gasteiger partial charge in [0.25, 0.3) is 0 Å². The van der Waals surface area contributed by atoms with Gasteiger partial charge in [-0.15, -0.1) is 0 Å². The van der Waals surface area contributed by atoms with E-state index in [0.29, 0.717) is 4.47 Å². The molecule has 0 fully saturated rings. The van der Waals surface area contributed by atoms with Crippen LogP contribution in [0.2, 0.25) is 5.15 Å². The summed E-state index contributed by atoms with van der Waals surface area (Å²) in [5.41, 5.74) is 1.57. The molecule has 6 nitrogen and oxygen atoms in total. The van der Waals surface area contributed by atoms with Gasteiger partial charge in [-0.2, -0.15) is 5.10 Å². The first-order valence-corrected chi connectivity index (χ1v) is 7.85. The maximum Gasteiger partial charge on any atom is 0.243 e. The molecule has 0 aliphatic carbocycles. The van der Waals surface area contributed by atoms with Crippen LogP contribution in [0.3, 0.4) is 0 Å². The van der Waals surface area contributed by atoms with E-state index in [1.54, 1.807) is 6.20 Å². The van der Waals surface area contributed by atoms with Gasteiger partial charge >= 0.3 is 0 Å². The summed E-state index contributed by atoms with van der Waals surface area (Å²) in [5, 5.41) is 6.49. The zero-order valence-corrected chi connectivity index (χ0v) is 13.0. The number of nitrogens with zero attached hydrogens (tertiary/aromatic N) is 2. The number of nitrogens with one attached hydrogen (secondary N) is 2. The Morgan fingerprint density at radius 3 is 2.84 bits per heavy atom. The summed E-state index contributed by atoms with van der Waals surface area (Å²) in [7, 11) is -3.72. The molecule has 0 unspecified atom stereocenters. The lowest BCUT2D eigenvalue weighted by molar-refractivity contribution is 0.581. The van der Waals surface area contributed by atoms with Crippen LogP contribution in [0.4, 0.5) is 0 Å². The Kier molecular flexibility index (Phi) is 4.24. The molecule has 0 saturated heterocycles. The third-order valence-electron chi connectivity index (χ3n) is 2.45. The fourth-order valence-electron chi connectivity index (χ4n) is 1.40. The number of hydrogen-bond acceptors (Lipinski definition) is 4.